The first-order valence-electron chi connectivity index (χ1n) is 4.82. The van der Waals surface area contributed by atoms with Gasteiger partial charge in [-0.25, -0.2) is 0 Å². The average molecular weight is 191 g/mol. The summed E-state index contributed by atoms with van der Waals surface area (Å²) in [6.07, 6.45) is 5.24. The van der Waals surface area contributed by atoms with E-state index < -0.39 is 0 Å². The number of aromatic nitrogens is 1. The zero-order valence-corrected chi connectivity index (χ0v) is 8.08. The van der Waals surface area contributed by atoms with E-state index in [1.54, 1.807) is 18.5 Å². The Morgan fingerprint density at radius 2 is 2.36 bits per heavy atom. The molecule has 0 bridgehead atoms. The minimum absolute atomic E-state index is 0.0468. The van der Waals surface area contributed by atoms with Crippen molar-refractivity contribution in [2.45, 2.75) is 25.8 Å². The lowest BCUT2D eigenvalue weighted by Gasteiger charge is -2.25. The van der Waals surface area contributed by atoms with Crippen LogP contribution in [-0.4, -0.2) is 16.9 Å². The second kappa shape index (κ2) is 3.65. The molecule has 1 aromatic heterocycles. The molecule has 4 nitrogen and oxygen atoms in total. The van der Waals surface area contributed by atoms with Gasteiger partial charge in [0.1, 0.15) is 6.04 Å². The number of fused-ring (bicyclic) bond motifs is 1. The zero-order chi connectivity index (χ0) is 9.97. The van der Waals surface area contributed by atoms with Crippen molar-refractivity contribution in [1.29, 1.82) is 0 Å². The molecule has 0 aromatic carbocycles. The van der Waals surface area contributed by atoms with Crippen LogP contribution in [0, 0.1) is 0 Å². The molecule has 0 radical (unpaired) electrons. The number of nitrogens with one attached hydrogen (secondary N) is 2. The van der Waals surface area contributed by atoms with E-state index >= 15 is 0 Å². The highest BCUT2D eigenvalue weighted by atomic mass is 16.2. The van der Waals surface area contributed by atoms with Crippen LogP contribution >= 0.6 is 0 Å². The minimum Gasteiger partial charge on any atom is -0.371 e. The van der Waals surface area contributed by atoms with Crippen molar-refractivity contribution < 1.29 is 4.79 Å². The molecule has 0 aliphatic carbocycles. The van der Waals surface area contributed by atoms with Crippen LogP contribution in [0.15, 0.2) is 18.5 Å². The third-order valence-corrected chi connectivity index (χ3v) is 2.30. The first-order valence-corrected chi connectivity index (χ1v) is 4.82. The minimum atomic E-state index is -0.114. The average Bonchev–Trinajstić information content (AvgIpc) is 2.19. The highest BCUT2D eigenvalue weighted by Crippen LogP contribution is 2.25. The quantitative estimate of drug-likeness (QED) is 0.746. The van der Waals surface area contributed by atoms with Crippen molar-refractivity contribution >= 4 is 17.3 Å². The first kappa shape index (κ1) is 8.99. The van der Waals surface area contributed by atoms with E-state index in [4.69, 9.17) is 0 Å². The summed E-state index contributed by atoms with van der Waals surface area (Å²) in [7, 11) is 0. The van der Waals surface area contributed by atoms with Crippen LogP contribution in [-0.2, 0) is 4.79 Å². The molecule has 1 aromatic rings. The van der Waals surface area contributed by atoms with Crippen LogP contribution in [0.3, 0.4) is 0 Å². The largest absolute Gasteiger partial charge is 0.371 e. The van der Waals surface area contributed by atoms with Gasteiger partial charge in [-0.2, -0.15) is 0 Å². The van der Waals surface area contributed by atoms with Gasteiger partial charge < -0.3 is 10.6 Å². The highest BCUT2D eigenvalue weighted by molar-refractivity contribution is 6.02. The van der Waals surface area contributed by atoms with E-state index in [0.29, 0.717) is 0 Å². The van der Waals surface area contributed by atoms with Gasteiger partial charge in [0.2, 0.25) is 5.91 Å². The summed E-state index contributed by atoms with van der Waals surface area (Å²) in [6, 6.07) is 1.68. The fraction of sp³-hybridized carbons (Fsp3) is 0.400. The molecule has 0 spiro atoms. The summed E-state index contributed by atoms with van der Waals surface area (Å²) in [5, 5.41) is 6.03. The molecule has 2 rings (SSSR count). The summed E-state index contributed by atoms with van der Waals surface area (Å²) >= 11 is 0. The maximum absolute atomic E-state index is 11.6. The number of carbonyl (C=O) groups is 1. The standard InChI is InChI=1S/C10H13N3O/c1-2-3-8-10(14)13-7-4-5-11-6-9(7)12-8/h4-6,8,12H,2-3H2,1H3,(H,13,14). The second-order valence-electron chi connectivity index (χ2n) is 3.40. The Bertz CT molecular complexity index is 351. The molecule has 14 heavy (non-hydrogen) atoms. The third kappa shape index (κ3) is 1.55. The van der Waals surface area contributed by atoms with Gasteiger partial charge in [-0.05, 0) is 12.5 Å². The maximum atomic E-state index is 11.6. The topological polar surface area (TPSA) is 54.0 Å². The molecule has 0 saturated heterocycles. The third-order valence-electron chi connectivity index (χ3n) is 2.30. The van der Waals surface area contributed by atoms with Crippen LogP contribution in [0.5, 0.6) is 0 Å². The molecule has 1 amide bonds. The highest BCUT2D eigenvalue weighted by Gasteiger charge is 2.23. The molecule has 74 valence electrons. The van der Waals surface area contributed by atoms with E-state index in [1.165, 1.54) is 0 Å². The number of carbonyl (C=O) groups excluding carboxylic acids is 1. The molecule has 2 heterocycles. The molecule has 2 N–H and O–H groups in total. The summed E-state index contributed by atoms with van der Waals surface area (Å²) < 4.78 is 0. The lowest BCUT2D eigenvalue weighted by atomic mass is 10.1. The first-order chi connectivity index (χ1) is 6.81. The lowest BCUT2D eigenvalue weighted by Crippen LogP contribution is -2.38. The Morgan fingerprint density at radius 1 is 1.50 bits per heavy atom. The van der Waals surface area contributed by atoms with E-state index in [9.17, 15) is 4.79 Å². The smallest absolute Gasteiger partial charge is 0.246 e. The summed E-state index contributed by atoms with van der Waals surface area (Å²) in [6.45, 7) is 2.06. The van der Waals surface area contributed by atoms with Crippen molar-refractivity contribution in [1.82, 2.24) is 4.98 Å². The van der Waals surface area contributed by atoms with Gasteiger partial charge >= 0.3 is 0 Å². The van der Waals surface area contributed by atoms with Gasteiger partial charge in [-0.3, -0.25) is 9.78 Å². The van der Waals surface area contributed by atoms with Gasteiger partial charge in [0.05, 0.1) is 17.6 Å². The number of amides is 1. The van der Waals surface area contributed by atoms with Gasteiger partial charge in [-0.15, -0.1) is 0 Å². The van der Waals surface area contributed by atoms with Gasteiger partial charge in [-0.1, -0.05) is 13.3 Å². The van der Waals surface area contributed by atoms with Gasteiger partial charge in [0, 0.05) is 6.20 Å². The van der Waals surface area contributed by atoms with E-state index in [2.05, 4.69) is 22.5 Å². The van der Waals surface area contributed by atoms with Crippen molar-refractivity contribution in [2.75, 3.05) is 10.6 Å². The molecule has 0 fully saturated rings. The number of rotatable bonds is 2. The molecule has 1 aliphatic heterocycles. The van der Waals surface area contributed by atoms with E-state index in [0.717, 1.165) is 24.2 Å². The fourth-order valence-electron chi connectivity index (χ4n) is 1.58. The van der Waals surface area contributed by atoms with Crippen LogP contribution in [0.25, 0.3) is 0 Å². The van der Waals surface area contributed by atoms with E-state index in [-0.39, 0.29) is 11.9 Å². The van der Waals surface area contributed by atoms with Crippen LogP contribution in [0.2, 0.25) is 0 Å². The van der Waals surface area contributed by atoms with E-state index in [1.807, 2.05) is 0 Å². The lowest BCUT2D eigenvalue weighted by molar-refractivity contribution is -0.117. The predicted octanol–water partition coefficient (Wildman–Crippen LogP) is 1.61. The maximum Gasteiger partial charge on any atom is 0.246 e. The number of hydrogen-bond donors (Lipinski definition) is 2. The second-order valence-corrected chi connectivity index (χ2v) is 3.40. The Labute approximate surface area is 82.7 Å². The molecule has 1 unspecified atom stereocenters. The number of hydrogen-bond acceptors (Lipinski definition) is 3. The number of pyridine rings is 1. The van der Waals surface area contributed by atoms with Crippen molar-refractivity contribution in [3.05, 3.63) is 18.5 Å². The Kier molecular flexibility index (Phi) is 2.35. The zero-order valence-electron chi connectivity index (χ0n) is 8.08. The Balaban J connectivity index is 2.22. The Morgan fingerprint density at radius 3 is 3.14 bits per heavy atom. The van der Waals surface area contributed by atoms with Gasteiger partial charge in [0.15, 0.2) is 0 Å². The van der Waals surface area contributed by atoms with Crippen LogP contribution < -0.4 is 10.6 Å². The van der Waals surface area contributed by atoms with Crippen molar-refractivity contribution in [3.63, 3.8) is 0 Å². The van der Waals surface area contributed by atoms with Crippen LogP contribution in [0.1, 0.15) is 19.8 Å². The van der Waals surface area contributed by atoms with Gasteiger partial charge in [0.25, 0.3) is 0 Å². The Hall–Kier alpha value is -1.58. The van der Waals surface area contributed by atoms with Crippen molar-refractivity contribution in [3.8, 4) is 0 Å². The molecular formula is C10H13N3O. The summed E-state index contributed by atoms with van der Waals surface area (Å²) in [5.74, 6) is 0.0468. The number of anilines is 2. The summed E-state index contributed by atoms with van der Waals surface area (Å²) in [5.41, 5.74) is 1.72. The predicted molar refractivity (Wildman–Crippen MR) is 55.2 cm³/mol. The molecular weight excluding hydrogens is 178 g/mol. The monoisotopic (exact) mass is 191 g/mol. The molecule has 1 aliphatic rings. The molecule has 1 atom stereocenters. The number of nitrogens with zero attached hydrogens (tertiary/aromatic N) is 1. The van der Waals surface area contributed by atoms with Crippen LogP contribution in [0.4, 0.5) is 11.4 Å². The summed E-state index contributed by atoms with van der Waals surface area (Å²) in [4.78, 5) is 15.6. The fourth-order valence-corrected chi connectivity index (χ4v) is 1.58. The molecule has 4 heteroatoms. The van der Waals surface area contributed by atoms with Crippen molar-refractivity contribution in [2.24, 2.45) is 0 Å². The SMILES string of the molecule is CCCC1Nc2cnccc2NC1=O. The molecule has 0 saturated carbocycles. The normalized spacial score (nSPS) is 19.5.